The molecule has 1 aromatic heterocycles. The van der Waals surface area contributed by atoms with Crippen molar-refractivity contribution in [3.63, 3.8) is 0 Å². The monoisotopic (exact) mass is 360 g/mol. The molecular formula is C23H21PS. The van der Waals surface area contributed by atoms with Gasteiger partial charge in [-0.05, 0) is 0 Å². The van der Waals surface area contributed by atoms with Crippen molar-refractivity contribution in [3.8, 4) is 0 Å². The molecule has 4 aromatic rings. The summed E-state index contributed by atoms with van der Waals surface area (Å²) in [5, 5.41) is 6.43. The third-order valence-electron chi connectivity index (χ3n) is 5.26. The fourth-order valence-corrected chi connectivity index (χ4v) is 11.3. The van der Waals surface area contributed by atoms with Crippen LogP contribution in [-0.4, -0.2) is 6.66 Å². The van der Waals surface area contributed by atoms with Gasteiger partial charge < -0.3 is 0 Å². The molecule has 0 bridgehead atoms. The van der Waals surface area contributed by atoms with E-state index in [-0.39, 0.29) is 0 Å². The second-order valence-corrected chi connectivity index (χ2v) is 12.9. The van der Waals surface area contributed by atoms with E-state index in [2.05, 4.69) is 115 Å². The van der Waals surface area contributed by atoms with Crippen LogP contribution in [0.5, 0.6) is 0 Å². The molecule has 0 nitrogen and oxygen atoms in total. The summed E-state index contributed by atoms with van der Waals surface area (Å²) >= 11 is 1.87. The number of benzene rings is 3. The van der Waals surface area contributed by atoms with Crippen molar-refractivity contribution in [1.82, 2.24) is 0 Å². The van der Waals surface area contributed by atoms with E-state index in [0.29, 0.717) is 0 Å². The van der Waals surface area contributed by atoms with Crippen LogP contribution < -0.4 is 20.5 Å². The molecule has 0 aliphatic carbocycles. The number of hydrogen-bond donors (Lipinski definition) is 0. The zero-order valence-electron chi connectivity index (χ0n) is 14.2. The van der Waals surface area contributed by atoms with Crippen molar-refractivity contribution in [1.29, 1.82) is 0 Å². The van der Waals surface area contributed by atoms with Gasteiger partial charge >= 0.3 is 154 Å². The van der Waals surface area contributed by atoms with Crippen LogP contribution in [0.4, 0.5) is 0 Å². The summed E-state index contributed by atoms with van der Waals surface area (Å²) in [6.07, 6.45) is 0. The molecule has 25 heavy (non-hydrogen) atoms. The Kier molecular flexibility index (Phi) is 4.07. The third-order valence-corrected chi connectivity index (χ3v) is 13.6. The maximum atomic E-state index is 2.50. The third kappa shape index (κ3) is 2.31. The van der Waals surface area contributed by atoms with Crippen LogP contribution in [0.25, 0.3) is 0 Å². The van der Waals surface area contributed by atoms with Crippen LogP contribution in [0.1, 0.15) is 0 Å². The first-order valence-corrected chi connectivity index (χ1v) is 12.0. The molecule has 0 aliphatic heterocycles. The van der Waals surface area contributed by atoms with Gasteiger partial charge in [0.25, 0.3) is 0 Å². The van der Waals surface area contributed by atoms with E-state index in [1.165, 1.54) is 20.5 Å². The Morgan fingerprint density at radius 3 is 1.24 bits per heavy atom. The predicted molar refractivity (Wildman–Crippen MR) is 115 cm³/mol. The van der Waals surface area contributed by atoms with Gasteiger partial charge in [0.2, 0.25) is 0 Å². The molecule has 124 valence electrons. The fraction of sp³-hybridized carbons (Fsp3) is 0.0435. The summed E-state index contributed by atoms with van der Waals surface area (Å²) in [5.74, 6) is 0. The van der Waals surface area contributed by atoms with E-state index in [9.17, 15) is 0 Å². The molecule has 3 aromatic carbocycles. The summed E-state index contributed by atoms with van der Waals surface area (Å²) in [6.45, 7) is -0.246. The minimum absolute atomic E-state index is 1.41. The van der Waals surface area contributed by atoms with Crippen LogP contribution in [0, 0.1) is 0 Å². The van der Waals surface area contributed by atoms with Crippen LogP contribution in [0.15, 0.2) is 109 Å². The Balaban J connectivity index is 2.22. The molecule has 0 radical (unpaired) electrons. The first-order valence-electron chi connectivity index (χ1n) is 8.47. The summed E-state index contributed by atoms with van der Waals surface area (Å²) < 4.78 is 1.45. The van der Waals surface area contributed by atoms with E-state index >= 15 is 0 Å². The molecule has 0 unspecified atom stereocenters. The topological polar surface area (TPSA) is 0 Å². The summed E-state index contributed by atoms with van der Waals surface area (Å²) in [7, 11) is 0. The molecule has 0 amide bonds. The SMILES string of the molecule is CP(c1ccccc1)(c1ccccc1)(c1ccccc1)c1cccs1. The quantitative estimate of drug-likeness (QED) is 0.469. The normalized spacial score (nSPS) is 13.1. The van der Waals surface area contributed by atoms with Crippen LogP contribution >= 0.6 is 17.9 Å². The number of rotatable bonds is 4. The number of hydrogen-bond acceptors (Lipinski definition) is 1. The molecular weight excluding hydrogens is 339 g/mol. The first-order chi connectivity index (χ1) is 12.2. The van der Waals surface area contributed by atoms with E-state index in [4.69, 9.17) is 0 Å². The van der Waals surface area contributed by atoms with Gasteiger partial charge in [-0.3, -0.25) is 0 Å². The number of thiophene rings is 1. The Morgan fingerprint density at radius 1 is 0.520 bits per heavy atom. The Labute approximate surface area is 153 Å². The molecule has 0 atom stereocenters. The maximum absolute atomic E-state index is 2.74. The molecule has 2 heteroatoms. The molecule has 0 spiro atoms. The zero-order valence-corrected chi connectivity index (χ0v) is 16.0. The summed E-state index contributed by atoms with van der Waals surface area (Å²) in [5.41, 5.74) is 0. The second-order valence-electron chi connectivity index (χ2n) is 6.52. The van der Waals surface area contributed by atoms with E-state index < -0.39 is 6.60 Å². The van der Waals surface area contributed by atoms with Gasteiger partial charge in [-0.2, -0.15) is 0 Å². The van der Waals surface area contributed by atoms with Crippen molar-refractivity contribution in [2.24, 2.45) is 0 Å². The van der Waals surface area contributed by atoms with Gasteiger partial charge in [0.1, 0.15) is 0 Å². The summed E-state index contributed by atoms with van der Waals surface area (Å²) in [6, 6.07) is 37.6. The van der Waals surface area contributed by atoms with Crippen molar-refractivity contribution in [2.45, 2.75) is 0 Å². The van der Waals surface area contributed by atoms with Gasteiger partial charge in [-0.25, -0.2) is 0 Å². The van der Waals surface area contributed by atoms with E-state index in [1.54, 1.807) is 0 Å². The molecule has 0 N–H and O–H groups in total. The Bertz CT molecular complexity index is 846. The average molecular weight is 360 g/mol. The first kappa shape index (κ1) is 16.3. The average Bonchev–Trinajstić information content (AvgIpc) is 3.25. The summed E-state index contributed by atoms with van der Waals surface area (Å²) in [4.78, 5) is 0. The fourth-order valence-electron chi connectivity index (χ4n) is 3.82. The van der Waals surface area contributed by atoms with Gasteiger partial charge in [0.05, 0.1) is 0 Å². The van der Waals surface area contributed by atoms with E-state index in [0.717, 1.165) is 0 Å². The Hall–Kier alpha value is -2.21. The van der Waals surface area contributed by atoms with Crippen molar-refractivity contribution >= 4 is 38.5 Å². The predicted octanol–water partition coefficient (Wildman–Crippen LogP) is 4.53. The van der Waals surface area contributed by atoms with Crippen LogP contribution in [0.3, 0.4) is 0 Å². The van der Waals surface area contributed by atoms with Crippen molar-refractivity contribution in [3.05, 3.63) is 109 Å². The molecule has 0 aliphatic rings. The Morgan fingerprint density at radius 2 is 0.920 bits per heavy atom. The second kappa shape index (κ2) is 6.26. The van der Waals surface area contributed by atoms with Crippen LogP contribution in [-0.2, 0) is 0 Å². The van der Waals surface area contributed by atoms with Crippen molar-refractivity contribution in [2.75, 3.05) is 6.66 Å². The van der Waals surface area contributed by atoms with E-state index in [1.807, 2.05) is 11.3 Å². The van der Waals surface area contributed by atoms with Gasteiger partial charge in [0, 0.05) is 0 Å². The molecule has 0 saturated carbocycles. The molecule has 0 saturated heterocycles. The molecule has 0 fully saturated rings. The van der Waals surface area contributed by atoms with Gasteiger partial charge in [-0.15, -0.1) is 0 Å². The zero-order chi connectivity index (χ0) is 17.2. The van der Waals surface area contributed by atoms with Gasteiger partial charge in [-0.1, -0.05) is 0 Å². The minimum atomic E-state index is -2.74. The van der Waals surface area contributed by atoms with Crippen LogP contribution in [0.2, 0.25) is 0 Å². The molecule has 4 rings (SSSR count). The van der Waals surface area contributed by atoms with Crippen molar-refractivity contribution < 1.29 is 0 Å². The standard InChI is InChI=1S/C23H21PS/c1-24(23-18-11-19-25-23,20-12-5-2-6-13-20,21-14-7-3-8-15-21)22-16-9-4-10-17-22/h2-19H,1H3. The van der Waals surface area contributed by atoms with Gasteiger partial charge in [0.15, 0.2) is 0 Å². The molecule has 1 heterocycles.